The number of hydrogen-bond acceptors (Lipinski definition) is 7. The molecule has 0 bridgehead atoms. The minimum Gasteiger partial charge on any atom is -0.488 e. The average Bonchev–Trinajstić information content (AvgIpc) is 3.48. The smallest absolute Gasteiger partial charge is 0.260 e. The van der Waals surface area contributed by atoms with Crippen molar-refractivity contribution in [3.05, 3.63) is 48.1 Å². The summed E-state index contributed by atoms with van der Waals surface area (Å²) in [6.07, 6.45) is 7.10. The number of anilines is 2. The van der Waals surface area contributed by atoms with Crippen LogP contribution in [0.2, 0.25) is 0 Å². The predicted octanol–water partition coefficient (Wildman–Crippen LogP) is 2.36. The Bertz CT molecular complexity index is 1140. The monoisotopic (exact) mass is 421 g/mol. The summed E-state index contributed by atoms with van der Waals surface area (Å²) in [7, 11) is 0. The third-order valence-corrected chi connectivity index (χ3v) is 5.35. The zero-order chi connectivity index (χ0) is 21.0. The van der Waals surface area contributed by atoms with E-state index in [2.05, 4.69) is 30.7 Å². The first-order valence-corrected chi connectivity index (χ1v) is 10.3. The van der Waals surface area contributed by atoms with E-state index >= 15 is 0 Å². The fourth-order valence-corrected chi connectivity index (χ4v) is 3.61. The number of benzene rings is 1. The summed E-state index contributed by atoms with van der Waals surface area (Å²) in [4.78, 5) is 17.2. The quantitative estimate of drug-likeness (QED) is 0.559. The second-order valence-electron chi connectivity index (χ2n) is 7.43. The average molecular weight is 421 g/mol. The molecule has 1 fully saturated rings. The highest BCUT2D eigenvalue weighted by Gasteiger charge is 2.19. The molecule has 10 heteroatoms. The van der Waals surface area contributed by atoms with Crippen molar-refractivity contribution in [3.63, 3.8) is 0 Å². The number of aromatic amines is 2. The lowest BCUT2D eigenvalue weighted by atomic mass is 10.0. The van der Waals surface area contributed by atoms with Crippen molar-refractivity contribution in [2.45, 2.75) is 12.8 Å². The van der Waals surface area contributed by atoms with Gasteiger partial charge in [0.15, 0.2) is 12.4 Å². The van der Waals surface area contributed by atoms with E-state index in [4.69, 9.17) is 9.47 Å². The van der Waals surface area contributed by atoms with Crippen molar-refractivity contribution in [3.8, 4) is 0 Å². The van der Waals surface area contributed by atoms with E-state index in [1.807, 2.05) is 30.4 Å². The van der Waals surface area contributed by atoms with Crippen molar-refractivity contribution >= 4 is 34.0 Å². The molecule has 1 saturated heterocycles. The van der Waals surface area contributed by atoms with E-state index in [1.165, 1.54) is 0 Å². The van der Waals surface area contributed by atoms with E-state index < -0.39 is 0 Å². The van der Waals surface area contributed by atoms with E-state index in [-0.39, 0.29) is 12.5 Å². The maximum Gasteiger partial charge on any atom is 0.260 e. The second kappa shape index (κ2) is 8.60. The minimum absolute atomic E-state index is 0.00136. The van der Waals surface area contributed by atoms with Crippen LogP contribution >= 0.6 is 0 Å². The molecule has 10 nitrogen and oxygen atoms in total. The molecular weight excluding hydrogens is 398 g/mol. The number of allylic oxidation sites excluding steroid dienone is 4. The van der Waals surface area contributed by atoms with Crippen molar-refractivity contribution < 1.29 is 14.3 Å². The van der Waals surface area contributed by atoms with E-state index in [1.54, 1.807) is 11.1 Å². The van der Waals surface area contributed by atoms with Crippen LogP contribution in [0.1, 0.15) is 18.7 Å². The minimum atomic E-state index is -0.00136. The summed E-state index contributed by atoms with van der Waals surface area (Å²) in [6.45, 7) is 2.50. The fourth-order valence-electron chi connectivity index (χ4n) is 3.61. The van der Waals surface area contributed by atoms with Crippen LogP contribution in [0.5, 0.6) is 0 Å². The molecule has 1 aromatic carbocycles. The number of nitrogens with one attached hydrogen (secondary N) is 3. The van der Waals surface area contributed by atoms with Crippen LogP contribution in [0.4, 0.5) is 11.6 Å². The standard InChI is InChI=1S/C21H23N7O3/c29-19(28-7-9-30-10-8-28)13-31-17-4-1-14(2-5-17)20-24-21(27-26-20)23-16-3-6-18-15(11-16)12-22-25-18/h1,3-4,6,11-12H,2,5,7-10,13H2,(H,22,25)(H2,23,24,26,27). The number of carbonyl (C=O) groups is 1. The molecule has 0 radical (unpaired) electrons. The van der Waals surface area contributed by atoms with Crippen molar-refractivity contribution in [1.29, 1.82) is 0 Å². The maximum atomic E-state index is 12.2. The summed E-state index contributed by atoms with van der Waals surface area (Å²) in [5.74, 6) is 2.09. The number of hydrogen-bond donors (Lipinski definition) is 3. The number of fused-ring (bicyclic) bond motifs is 1. The largest absolute Gasteiger partial charge is 0.488 e. The Kier molecular flexibility index (Phi) is 5.36. The number of morpholine rings is 1. The van der Waals surface area contributed by atoms with Gasteiger partial charge in [-0.2, -0.15) is 5.10 Å². The molecule has 0 atom stereocenters. The lowest BCUT2D eigenvalue weighted by Gasteiger charge is -2.27. The Morgan fingerprint density at radius 2 is 2.10 bits per heavy atom. The zero-order valence-electron chi connectivity index (χ0n) is 16.9. The Balaban J connectivity index is 1.18. The molecule has 31 heavy (non-hydrogen) atoms. The van der Waals surface area contributed by atoms with E-state index in [9.17, 15) is 4.79 Å². The molecule has 160 valence electrons. The van der Waals surface area contributed by atoms with Gasteiger partial charge in [0.05, 0.1) is 30.7 Å². The summed E-state index contributed by atoms with van der Waals surface area (Å²) < 4.78 is 11.0. The normalized spacial score (nSPS) is 16.7. The number of ether oxygens (including phenoxy) is 2. The molecule has 1 aliphatic carbocycles. The topological polar surface area (TPSA) is 121 Å². The summed E-state index contributed by atoms with van der Waals surface area (Å²) in [6, 6.07) is 5.90. The lowest BCUT2D eigenvalue weighted by Crippen LogP contribution is -2.42. The Labute approximate surface area is 178 Å². The number of nitrogens with zero attached hydrogens (tertiary/aromatic N) is 4. The molecule has 3 aromatic rings. The Morgan fingerprint density at radius 3 is 2.94 bits per heavy atom. The first kappa shape index (κ1) is 19.3. The lowest BCUT2D eigenvalue weighted by molar-refractivity contribution is -0.138. The molecule has 1 aliphatic heterocycles. The number of H-pyrrole nitrogens is 2. The molecular formula is C21H23N7O3. The second-order valence-corrected chi connectivity index (χ2v) is 7.43. The van der Waals surface area contributed by atoms with Gasteiger partial charge < -0.3 is 24.7 Å². The molecule has 2 aromatic heterocycles. The highest BCUT2D eigenvalue weighted by molar-refractivity contribution is 5.82. The SMILES string of the molecule is O=C(COC1=CC=C(c2nnc(Nc3ccc4[nH]ncc4c3)[nH]2)CC1)N1CCOCC1. The third-order valence-electron chi connectivity index (χ3n) is 5.35. The van der Waals surface area contributed by atoms with Gasteiger partial charge in [0, 0.05) is 30.6 Å². The van der Waals surface area contributed by atoms with Crippen molar-refractivity contribution in [2.75, 3.05) is 38.2 Å². The summed E-state index contributed by atoms with van der Waals surface area (Å²) in [5.41, 5.74) is 2.92. The summed E-state index contributed by atoms with van der Waals surface area (Å²) in [5, 5.41) is 19.6. The predicted molar refractivity (Wildman–Crippen MR) is 114 cm³/mol. The van der Waals surface area contributed by atoms with Crippen LogP contribution < -0.4 is 5.32 Å². The number of carbonyl (C=O) groups excluding carboxylic acids is 1. The van der Waals surface area contributed by atoms with Gasteiger partial charge in [0.1, 0.15) is 0 Å². The van der Waals surface area contributed by atoms with Crippen LogP contribution in [-0.2, 0) is 14.3 Å². The number of rotatable bonds is 6. The molecule has 3 N–H and O–H groups in total. The van der Waals surface area contributed by atoms with Crippen LogP contribution in [0.3, 0.4) is 0 Å². The van der Waals surface area contributed by atoms with Gasteiger partial charge >= 0.3 is 0 Å². The fraction of sp³-hybridized carbons (Fsp3) is 0.333. The number of aromatic nitrogens is 5. The molecule has 5 rings (SSSR count). The molecule has 0 unspecified atom stereocenters. The third kappa shape index (κ3) is 4.43. The molecule has 0 spiro atoms. The van der Waals surface area contributed by atoms with Crippen molar-refractivity contribution in [1.82, 2.24) is 30.3 Å². The first-order valence-electron chi connectivity index (χ1n) is 10.3. The van der Waals surface area contributed by atoms with E-state index in [0.29, 0.717) is 44.5 Å². The van der Waals surface area contributed by atoms with Gasteiger partial charge in [-0.05, 0) is 36.3 Å². The van der Waals surface area contributed by atoms with Crippen molar-refractivity contribution in [2.24, 2.45) is 0 Å². The van der Waals surface area contributed by atoms with Crippen LogP contribution in [0.15, 0.2) is 42.3 Å². The van der Waals surface area contributed by atoms with Crippen LogP contribution in [0, 0.1) is 0 Å². The van der Waals surface area contributed by atoms with Gasteiger partial charge in [-0.15, -0.1) is 10.2 Å². The molecule has 3 heterocycles. The van der Waals surface area contributed by atoms with Gasteiger partial charge in [-0.25, -0.2) is 0 Å². The first-order chi connectivity index (χ1) is 15.2. The van der Waals surface area contributed by atoms with Gasteiger partial charge in [0.2, 0.25) is 5.95 Å². The molecule has 0 saturated carbocycles. The van der Waals surface area contributed by atoms with Gasteiger partial charge in [-0.1, -0.05) is 6.08 Å². The Morgan fingerprint density at radius 1 is 1.19 bits per heavy atom. The highest BCUT2D eigenvalue weighted by Crippen LogP contribution is 2.26. The van der Waals surface area contributed by atoms with Crippen LogP contribution in [0.25, 0.3) is 16.5 Å². The molecule has 1 amide bonds. The summed E-state index contributed by atoms with van der Waals surface area (Å²) >= 11 is 0. The van der Waals surface area contributed by atoms with Gasteiger partial charge in [0.25, 0.3) is 5.91 Å². The highest BCUT2D eigenvalue weighted by atomic mass is 16.5. The molecule has 2 aliphatic rings. The number of amides is 1. The maximum absolute atomic E-state index is 12.2. The zero-order valence-corrected chi connectivity index (χ0v) is 16.9. The van der Waals surface area contributed by atoms with E-state index in [0.717, 1.165) is 34.3 Å². The van der Waals surface area contributed by atoms with Gasteiger partial charge in [-0.3, -0.25) is 9.89 Å². The van der Waals surface area contributed by atoms with Crippen LogP contribution in [-0.4, -0.2) is 69.1 Å². The Hall–Kier alpha value is -3.66.